The van der Waals surface area contributed by atoms with Crippen LogP contribution in [0.3, 0.4) is 0 Å². The molecule has 1 aromatic rings. The van der Waals surface area contributed by atoms with E-state index in [0.29, 0.717) is 0 Å². The molecular formula is C19H28N4O. The van der Waals surface area contributed by atoms with Gasteiger partial charge in [0, 0.05) is 25.2 Å². The van der Waals surface area contributed by atoms with Gasteiger partial charge in [-0.3, -0.25) is 0 Å². The molecule has 1 saturated heterocycles. The lowest BCUT2D eigenvalue weighted by molar-refractivity contribution is 0.334. The summed E-state index contributed by atoms with van der Waals surface area (Å²) in [6.07, 6.45) is 6.16. The van der Waals surface area contributed by atoms with Gasteiger partial charge >= 0.3 is 0 Å². The normalized spacial score (nSPS) is 21.6. The zero-order chi connectivity index (χ0) is 16.6. The Bertz CT molecular complexity index is 645. The highest BCUT2D eigenvalue weighted by atomic mass is 16.5. The summed E-state index contributed by atoms with van der Waals surface area (Å²) in [5, 5.41) is 3.55. The van der Waals surface area contributed by atoms with Crippen molar-refractivity contribution < 1.29 is 4.74 Å². The Kier molecular flexibility index (Phi) is 4.22. The van der Waals surface area contributed by atoms with Crippen LogP contribution in [-0.2, 0) is 12.0 Å². The molecule has 5 heteroatoms. The van der Waals surface area contributed by atoms with Crippen LogP contribution in [0.2, 0.25) is 0 Å². The number of nitrogens with two attached hydrogens (primary N) is 1. The summed E-state index contributed by atoms with van der Waals surface area (Å²) in [6.45, 7) is 5.45. The molecule has 2 heterocycles. The number of rotatable bonds is 6. The third kappa shape index (κ3) is 2.60. The largest absolute Gasteiger partial charge is 0.496 e. The molecule has 1 aliphatic carbocycles. The lowest BCUT2D eigenvalue weighted by Crippen LogP contribution is -2.44. The van der Waals surface area contributed by atoms with Crippen LogP contribution >= 0.6 is 0 Å². The number of benzene rings is 1. The highest BCUT2D eigenvalue weighted by Gasteiger charge is 2.47. The first-order valence-corrected chi connectivity index (χ1v) is 9.22. The van der Waals surface area contributed by atoms with Crippen molar-refractivity contribution in [1.82, 2.24) is 10.2 Å². The van der Waals surface area contributed by atoms with Crippen LogP contribution in [0, 0.1) is 0 Å². The summed E-state index contributed by atoms with van der Waals surface area (Å²) in [5.74, 6) is 1.75. The van der Waals surface area contributed by atoms with Crippen molar-refractivity contribution in [2.24, 2.45) is 10.7 Å². The van der Waals surface area contributed by atoms with Crippen molar-refractivity contribution in [2.45, 2.75) is 44.1 Å². The van der Waals surface area contributed by atoms with Gasteiger partial charge in [0.25, 0.3) is 0 Å². The van der Waals surface area contributed by atoms with E-state index in [9.17, 15) is 0 Å². The lowest BCUT2D eigenvalue weighted by atomic mass is 9.64. The number of methoxy groups -OCH3 is 1. The second-order valence-electron chi connectivity index (χ2n) is 7.34. The van der Waals surface area contributed by atoms with Crippen molar-refractivity contribution in [3.05, 3.63) is 23.3 Å². The molecule has 1 saturated carbocycles. The van der Waals surface area contributed by atoms with Crippen LogP contribution in [0.1, 0.15) is 43.2 Å². The van der Waals surface area contributed by atoms with Gasteiger partial charge < -0.3 is 20.7 Å². The number of amidine groups is 1. The average molecular weight is 328 g/mol. The van der Waals surface area contributed by atoms with Crippen molar-refractivity contribution >= 4 is 11.5 Å². The molecule has 0 amide bonds. The number of likely N-dealkylation sites (tertiary alicyclic amines) is 1. The van der Waals surface area contributed by atoms with Gasteiger partial charge in [-0.1, -0.05) is 6.42 Å². The smallest absolute Gasteiger partial charge is 0.123 e. The van der Waals surface area contributed by atoms with E-state index in [1.54, 1.807) is 7.11 Å². The topological polar surface area (TPSA) is 62.9 Å². The zero-order valence-electron chi connectivity index (χ0n) is 14.6. The van der Waals surface area contributed by atoms with E-state index in [1.165, 1.54) is 43.5 Å². The third-order valence-electron chi connectivity index (χ3n) is 5.97. The van der Waals surface area contributed by atoms with E-state index in [-0.39, 0.29) is 5.41 Å². The number of fused-ring (bicyclic) bond motifs is 2. The van der Waals surface area contributed by atoms with Gasteiger partial charge in [0.2, 0.25) is 0 Å². The lowest BCUT2D eigenvalue weighted by Gasteiger charge is -2.39. The van der Waals surface area contributed by atoms with E-state index >= 15 is 0 Å². The van der Waals surface area contributed by atoms with Crippen LogP contribution < -0.4 is 15.8 Å². The Labute approximate surface area is 144 Å². The number of nitrogens with one attached hydrogen (secondary N) is 1. The Morgan fingerprint density at radius 1 is 1.25 bits per heavy atom. The Balaban J connectivity index is 1.44. The molecule has 0 atom stereocenters. The molecule has 24 heavy (non-hydrogen) atoms. The molecule has 0 radical (unpaired) electrons. The first-order valence-electron chi connectivity index (χ1n) is 9.22. The first-order chi connectivity index (χ1) is 11.7. The Hall–Kier alpha value is -1.59. The molecule has 2 aliphatic heterocycles. The number of aliphatic imine (C=N–C) groups is 1. The highest BCUT2D eigenvalue weighted by molar-refractivity contribution is 6.00. The molecule has 1 aromatic carbocycles. The molecule has 3 aliphatic rings. The van der Waals surface area contributed by atoms with Gasteiger partial charge in [-0.15, -0.1) is 0 Å². The SMILES string of the molecule is COc1cc2c(cc1CNCCN1CCCC1)N=C(N)C21CCC1. The van der Waals surface area contributed by atoms with Gasteiger partial charge in [-0.05, 0) is 56.5 Å². The fourth-order valence-electron chi connectivity index (χ4n) is 4.31. The fourth-order valence-corrected chi connectivity index (χ4v) is 4.31. The fraction of sp³-hybridized carbons (Fsp3) is 0.632. The second kappa shape index (κ2) is 6.37. The van der Waals surface area contributed by atoms with Gasteiger partial charge in [0.1, 0.15) is 11.6 Å². The minimum absolute atomic E-state index is 0.00429. The summed E-state index contributed by atoms with van der Waals surface area (Å²) in [5.41, 5.74) is 9.74. The molecule has 0 aromatic heterocycles. The number of hydrogen-bond acceptors (Lipinski definition) is 5. The van der Waals surface area contributed by atoms with Gasteiger partial charge in [0.15, 0.2) is 0 Å². The van der Waals surface area contributed by atoms with Crippen LogP contribution in [0.15, 0.2) is 17.1 Å². The molecule has 0 unspecified atom stereocenters. The van der Waals surface area contributed by atoms with Crippen molar-refractivity contribution in [3.8, 4) is 5.75 Å². The molecule has 2 fully saturated rings. The average Bonchev–Trinajstić information content (AvgIpc) is 3.14. The standard InChI is InChI=1S/C19H28N4O/c1-24-17-12-15-16(22-18(20)19(15)5-4-6-19)11-14(17)13-21-7-10-23-8-2-3-9-23/h11-12,21H,2-10,13H2,1H3,(H2,20,22). The van der Waals surface area contributed by atoms with Crippen molar-refractivity contribution in [1.29, 1.82) is 0 Å². The molecule has 4 rings (SSSR count). The van der Waals surface area contributed by atoms with Gasteiger partial charge in [-0.25, -0.2) is 4.99 Å². The first kappa shape index (κ1) is 15.9. The predicted molar refractivity (Wildman–Crippen MR) is 97.2 cm³/mol. The van der Waals surface area contributed by atoms with E-state index in [1.807, 2.05) is 0 Å². The van der Waals surface area contributed by atoms with Crippen molar-refractivity contribution in [3.63, 3.8) is 0 Å². The molecule has 3 N–H and O–H groups in total. The molecule has 0 bridgehead atoms. The van der Waals surface area contributed by atoms with Crippen LogP contribution in [-0.4, -0.2) is 44.0 Å². The molecule has 1 spiro atoms. The second-order valence-corrected chi connectivity index (χ2v) is 7.34. The minimum Gasteiger partial charge on any atom is -0.496 e. The summed E-state index contributed by atoms with van der Waals surface area (Å²) < 4.78 is 5.66. The van der Waals surface area contributed by atoms with Crippen LogP contribution in [0.4, 0.5) is 5.69 Å². The molecule has 130 valence electrons. The molecule has 5 nitrogen and oxygen atoms in total. The Morgan fingerprint density at radius 3 is 2.71 bits per heavy atom. The van der Waals surface area contributed by atoms with E-state index < -0.39 is 0 Å². The minimum atomic E-state index is 0.00429. The summed E-state index contributed by atoms with van der Waals surface area (Å²) >= 11 is 0. The maximum absolute atomic E-state index is 6.25. The van der Waals surface area contributed by atoms with E-state index in [4.69, 9.17) is 10.5 Å². The van der Waals surface area contributed by atoms with E-state index in [0.717, 1.165) is 49.7 Å². The van der Waals surface area contributed by atoms with Gasteiger partial charge in [0.05, 0.1) is 18.2 Å². The van der Waals surface area contributed by atoms with Crippen molar-refractivity contribution in [2.75, 3.05) is 33.3 Å². The quantitative estimate of drug-likeness (QED) is 0.787. The van der Waals surface area contributed by atoms with Gasteiger partial charge in [-0.2, -0.15) is 0 Å². The number of ether oxygens (including phenoxy) is 1. The monoisotopic (exact) mass is 328 g/mol. The maximum atomic E-state index is 6.25. The Morgan fingerprint density at radius 2 is 2.04 bits per heavy atom. The van der Waals surface area contributed by atoms with Crippen LogP contribution in [0.25, 0.3) is 0 Å². The predicted octanol–water partition coefficient (Wildman–Crippen LogP) is 2.30. The zero-order valence-corrected chi connectivity index (χ0v) is 14.6. The third-order valence-corrected chi connectivity index (χ3v) is 5.97. The maximum Gasteiger partial charge on any atom is 0.123 e. The highest BCUT2D eigenvalue weighted by Crippen LogP contribution is 2.52. The summed E-state index contributed by atoms with van der Waals surface area (Å²) in [7, 11) is 1.75. The number of nitrogens with zero attached hydrogens (tertiary/aromatic N) is 2. The summed E-state index contributed by atoms with van der Waals surface area (Å²) in [6, 6.07) is 4.34. The van der Waals surface area contributed by atoms with Crippen LogP contribution in [0.5, 0.6) is 5.75 Å². The molecular weight excluding hydrogens is 300 g/mol. The number of hydrogen-bond donors (Lipinski definition) is 2. The summed E-state index contributed by atoms with van der Waals surface area (Å²) in [4.78, 5) is 7.18. The van der Waals surface area contributed by atoms with E-state index in [2.05, 4.69) is 27.3 Å².